The predicted octanol–water partition coefficient (Wildman–Crippen LogP) is 1.01. The molecular formula is C6H3F3N2O4. The molecule has 1 heterocycles. The number of H-pyrrole nitrogens is 1. The summed E-state index contributed by atoms with van der Waals surface area (Å²) in [6, 6.07) is 0.0829. The van der Waals surface area contributed by atoms with Crippen LogP contribution in [0.2, 0.25) is 0 Å². The van der Waals surface area contributed by atoms with Gasteiger partial charge in [0, 0.05) is 6.07 Å². The van der Waals surface area contributed by atoms with E-state index < -0.39 is 33.8 Å². The van der Waals surface area contributed by atoms with Gasteiger partial charge >= 0.3 is 17.4 Å². The van der Waals surface area contributed by atoms with Crippen LogP contribution in [0.1, 0.15) is 5.69 Å². The zero-order chi connectivity index (χ0) is 11.8. The molecule has 0 saturated carbocycles. The van der Waals surface area contributed by atoms with E-state index in [2.05, 4.69) is 0 Å². The first-order chi connectivity index (χ1) is 6.73. The lowest BCUT2D eigenvalue weighted by molar-refractivity contribution is -0.387. The first kappa shape index (κ1) is 11.0. The highest BCUT2D eigenvalue weighted by molar-refractivity contribution is 5.44. The lowest BCUT2D eigenvalue weighted by Gasteiger charge is -2.05. The fourth-order valence-corrected chi connectivity index (χ4v) is 0.868. The van der Waals surface area contributed by atoms with Crippen molar-refractivity contribution in [1.82, 2.24) is 4.98 Å². The normalized spacial score (nSPS) is 11.4. The van der Waals surface area contributed by atoms with Gasteiger partial charge in [-0.1, -0.05) is 0 Å². The van der Waals surface area contributed by atoms with Gasteiger partial charge in [-0.2, -0.15) is 13.2 Å². The van der Waals surface area contributed by atoms with E-state index in [1.807, 2.05) is 0 Å². The van der Waals surface area contributed by atoms with E-state index >= 15 is 0 Å². The van der Waals surface area contributed by atoms with Gasteiger partial charge in [0.05, 0.1) is 4.92 Å². The minimum atomic E-state index is -4.88. The molecule has 0 spiro atoms. The number of halogens is 3. The third kappa shape index (κ3) is 2.06. The number of pyridine rings is 1. The van der Waals surface area contributed by atoms with Gasteiger partial charge in [-0.25, -0.2) is 0 Å². The van der Waals surface area contributed by atoms with Crippen LogP contribution in [0.3, 0.4) is 0 Å². The molecule has 9 heteroatoms. The summed E-state index contributed by atoms with van der Waals surface area (Å²) >= 11 is 0. The monoisotopic (exact) mass is 224 g/mol. The van der Waals surface area contributed by atoms with E-state index in [0.717, 1.165) is 0 Å². The average molecular weight is 224 g/mol. The first-order valence-electron chi connectivity index (χ1n) is 3.41. The van der Waals surface area contributed by atoms with Crippen molar-refractivity contribution in [1.29, 1.82) is 0 Å². The van der Waals surface area contributed by atoms with Gasteiger partial charge in [0.2, 0.25) is 5.75 Å². The molecule has 0 unspecified atom stereocenters. The van der Waals surface area contributed by atoms with Gasteiger partial charge in [-0.05, 0) is 0 Å². The summed E-state index contributed by atoms with van der Waals surface area (Å²) in [7, 11) is 0. The van der Waals surface area contributed by atoms with E-state index in [-0.39, 0.29) is 6.07 Å². The quantitative estimate of drug-likeness (QED) is 0.549. The average Bonchev–Trinajstić information content (AvgIpc) is 1.99. The van der Waals surface area contributed by atoms with Gasteiger partial charge < -0.3 is 10.1 Å². The molecule has 0 aromatic carbocycles. The number of nitrogens with one attached hydrogen (secondary N) is 1. The number of aromatic hydroxyl groups is 1. The number of hydrogen-bond acceptors (Lipinski definition) is 4. The molecular weight excluding hydrogens is 221 g/mol. The van der Waals surface area contributed by atoms with Crippen molar-refractivity contribution < 1.29 is 23.2 Å². The molecule has 0 bridgehead atoms. The summed E-state index contributed by atoms with van der Waals surface area (Å²) in [5.41, 5.74) is -4.47. The maximum absolute atomic E-state index is 12.0. The summed E-state index contributed by atoms with van der Waals surface area (Å²) in [5.74, 6) is -1.32. The van der Waals surface area contributed by atoms with Crippen molar-refractivity contribution in [2.24, 2.45) is 0 Å². The molecule has 0 amide bonds. The summed E-state index contributed by atoms with van der Waals surface area (Å²) in [6.45, 7) is 0. The summed E-state index contributed by atoms with van der Waals surface area (Å²) in [5, 5.41) is 19.0. The van der Waals surface area contributed by atoms with Crippen LogP contribution in [0, 0.1) is 10.1 Å². The Balaban J connectivity index is 3.46. The number of nitro groups is 1. The second kappa shape index (κ2) is 3.26. The summed E-state index contributed by atoms with van der Waals surface area (Å²) < 4.78 is 36.1. The van der Waals surface area contributed by atoms with Crippen LogP contribution < -0.4 is 5.56 Å². The minimum Gasteiger partial charge on any atom is -0.502 e. The van der Waals surface area contributed by atoms with E-state index in [1.165, 1.54) is 4.98 Å². The lowest BCUT2D eigenvalue weighted by atomic mass is 10.3. The molecule has 15 heavy (non-hydrogen) atoms. The number of alkyl halides is 3. The van der Waals surface area contributed by atoms with Crippen LogP contribution in [-0.4, -0.2) is 15.0 Å². The molecule has 0 aliphatic heterocycles. The highest BCUT2D eigenvalue weighted by atomic mass is 19.4. The van der Waals surface area contributed by atoms with Crippen molar-refractivity contribution in [3.8, 4) is 5.75 Å². The van der Waals surface area contributed by atoms with Gasteiger partial charge in [-0.3, -0.25) is 14.9 Å². The largest absolute Gasteiger partial charge is 0.502 e. The zero-order valence-corrected chi connectivity index (χ0v) is 6.83. The second-order valence-corrected chi connectivity index (χ2v) is 2.50. The van der Waals surface area contributed by atoms with Crippen LogP contribution in [0.15, 0.2) is 10.9 Å². The molecule has 6 nitrogen and oxygen atoms in total. The first-order valence-corrected chi connectivity index (χ1v) is 3.41. The number of rotatable bonds is 1. The molecule has 2 N–H and O–H groups in total. The van der Waals surface area contributed by atoms with Crippen molar-refractivity contribution in [3.63, 3.8) is 0 Å². The van der Waals surface area contributed by atoms with E-state index in [4.69, 9.17) is 5.11 Å². The van der Waals surface area contributed by atoms with Gasteiger partial charge in [0.25, 0.3) is 0 Å². The predicted molar refractivity (Wildman–Crippen MR) is 40.4 cm³/mol. The van der Waals surface area contributed by atoms with Crippen LogP contribution in [0.5, 0.6) is 5.75 Å². The van der Waals surface area contributed by atoms with Crippen LogP contribution in [-0.2, 0) is 6.18 Å². The fraction of sp³-hybridized carbons (Fsp3) is 0.167. The summed E-state index contributed by atoms with van der Waals surface area (Å²) in [4.78, 5) is 20.9. The maximum Gasteiger partial charge on any atom is 0.431 e. The van der Waals surface area contributed by atoms with E-state index in [1.54, 1.807) is 0 Å². The Kier molecular flexibility index (Phi) is 2.39. The third-order valence-corrected chi connectivity index (χ3v) is 1.47. The number of aromatic amines is 1. The van der Waals surface area contributed by atoms with E-state index in [0.29, 0.717) is 0 Å². The Morgan fingerprint density at radius 2 is 2.00 bits per heavy atom. The second-order valence-electron chi connectivity index (χ2n) is 2.50. The van der Waals surface area contributed by atoms with Gasteiger partial charge in [0.15, 0.2) is 0 Å². The fourth-order valence-electron chi connectivity index (χ4n) is 0.868. The van der Waals surface area contributed by atoms with Crippen molar-refractivity contribution >= 4 is 5.69 Å². The molecule has 0 aliphatic carbocycles. The Hall–Kier alpha value is -2.06. The Morgan fingerprint density at radius 3 is 2.33 bits per heavy atom. The van der Waals surface area contributed by atoms with Crippen LogP contribution in [0.25, 0.3) is 0 Å². The molecule has 0 saturated heterocycles. The number of hydrogen-bond donors (Lipinski definition) is 2. The molecule has 0 aliphatic rings. The smallest absolute Gasteiger partial charge is 0.431 e. The minimum absolute atomic E-state index is 0.0829. The highest BCUT2D eigenvalue weighted by Crippen LogP contribution is 2.31. The molecule has 82 valence electrons. The topological polar surface area (TPSA) is 96.2 Å². The highest BCUT2D eigenvalue weighted by Gasteiger charge is 2.35. The van der Waals surface area contributed by atoms with E-state index in [9.17, 15) is 28.1 Å². The Morgan fingerprint density at radius 1 is 1.47 bits per heavy atom. The van der Waals surface area contributed by atoms with Crippen molar-refractivity contribution in [2.45, 2.75) is 6.18 Å². The molecule has 1 aromatic heterocycles. The van der Waals surface area contributed by atoms with Crippen LogP contribution >= 0.6 is 0 Å². The molecule has 0 radical (unpaired) electrons. The zero-order valence-electron chi connectivity index (χ0n) is 6.83. The number of nitrogens with zero attached hydrogens (tertiary/aromatic N) is 1. The molecule has 0 fully saturated rings. The summed E-state index contributed by atoms with van der Waals surface area (Å²) in [6.07, 6.45) is -4.88. The van der Waals surface area contributed by atoms with Gasteiger partial charge in [-0.15, -0.1) is 0 Å². The Labute approximate surface area is 79.1 Å². The Bertz CT molecular complexity index is 464. The lowest BCUT2D eigenvalue weighted by Crippen LogP contribution is -2.18. The molecule has 1 rings (SSSR count). The third-order valence-electron chi connectivity index (χ3n) is 1.47. The van der Waals surface area contributed by atoms with Crippen molar-refractivity contribution in [3.05, 3.63) is 32.2 Å². The van der Waals surface area contributed by atoms with Gasteiger partial charge in [0.1, 0.15) is 5.69 Å². The maximum atomic E-state index is 12.0. The van der Waals surface area contributed by atoms with Crippen LogP contribution in [0.4, 0.5) is 18.9 Å². The SMILES string of the molecule is O=c1[nH]c(C(F)(F)F)cc(O)c1[N+](=O)[O-]. The standard InChI is InChI=1S/C6H3F3N2O4/c7-6(8,9)3-1-2(12)4(11(14)15)5(13)10-3/h1H,(H2,10,12,13). The molecule has 0 atom stereocenters. The number of aromatic nitrogens is 1. The molecule has 1 aromatic rings. The van der Waals surface area contributed by atoms with Crippen molar-refractivity contribution in [2.75, 3.05) is 0 Å².